The highest BCUT2D eigenvalue weighted by atomic mass is 16.5. The van der Waals surface area contributed by atoms with Gasteiger partial charge in [0.15, 0.2) is 0 Å². The van der Waals surface area contributed by atoms with E-state index >= 15 is 0 Å². The van der Waals surface area contributed by atoms with Crippen LogP contribution in [0, 0.1) is 13.8 Å². The van der Waals surface area contributed by atoms with Crippen molar-refractivity contribution in [1.29, 1.82) is 0 Å². The molecule has 4 heteroatoms. The second-order valence-electron chi connectivity index (χ2n) is 13.6. The molecule has 0 fully saturated rings. The summed E-state index contributed by atoms with van der Waals surface area (Å²) in [6.45, 7) is 4.25. The Bertz CT molecular complexity index is 2470. The van der Waals surface area contributed by atoms with E-state index in [4.69, 9.17) is 18.9 Å². The Morgan fingerprint density at radius 1 is 0.296 bits per heavy atom. The van der Waals surface area contributed by atoms with Crippen molar-refractivity contribution in [3.05, 3.63) is 157 Å². The summed E-state index contributed by atoms with van der Waals surface area (Å²) in [6, 6.07) is 51.1. The molecular weight excluding hydrogens is 665 g/mol. The molecule has 0 spiro atoms. The molecule has 8 aromatic rings. The van der Waals surface area contributed by atoms with Crippen LogP contribution in [0.2, 0.25) is 0 Å². The van der Waals surface area contributed by atoms with Gasteiger partial charge in [-0.05, 0) is 94.8 Å². The number of aryl methyl sites for hydroxylation is 2. The molecule has 0 atom stereocenters. The minimum Gasteiger partial charge on any atom is -0.496 e. The number of methoxy groups -OCH3 is 4. The van der Waals surface area contributed by atoms with E-state index in [9.17, 15) is 0 Å². The van der Waals surface area contributed by atoms with E-state index in [1.165, 1.54) is 11.1 Å². The zero-order valence-corrected chi connectivity index (χ0v) is 31.5. The van der Waals surface area contributed by atoms with Gasteiger partial charge in [0.05, 0.1) is 28.4 Å². The molecule has 0 saturated carbocycles. The van der Waals surface area contributed by atoms with Gasteiger partial charge >= 0.3 is 0 Å². The maximum absolute atomic E-state index is 6.59. The van der Waals surface area contributed by atoms with E-state index in [-0.39, 0.29) is 0 Å². The predicted octanol–water partition coefficient (Wildman–Crippen LogP) is 13.0. The van der Waals surface area contributed by atoms with Crippen molar-refractivity contribution in [3.8, 4) is 78.6 Å². The van der Waals surface area contributed by atoms with Crippen LogP contribution in [-0.2, 0) is 0 Å². The van der Waals surface area contributed by atoms with Crippen LogP contribution < -0.4 is 18.9 Å². The molecule has 0 amide bonds. The fraction of sp³-hybridized carbons (Fsp3) is 0.120. The predicted molar refractivity (Wildman–Crippen MR) is 224 cm³/mol. The van der Waals surface area contributed by atoms with Gasteiger partial charge < -0.3 is 18.9 Å². The Kier molecular flexibility index (Phi) is 9.27. The third-order valence-corrected chi connectivity index (χ3v) is 10.4. The van der Waals surface area contributed by atoms with Crippen LogP contribution in [0.1, 0.15) is 11.1 Å². The molecule has 0 aromatic heterocycles. The molecule has 0 saturated heterocycles. The standard InChI is InChI=1S/C50H42O4/c1-31-15-13-21-35(27-31)37-23-25-43(51-3)45-39(33-17-9-7-10-18-33)29-41(49(53-5)47(37)45)42-30-40(34-19-11-8-12-20-34)46-44(52-4)26-24-38(48(46)50(42)54-6)36-22-14-16-32(2)28-36/h7-30H,1-6H3. The minimum absolute atomic E-state index is 0.733. The molecule has 0 bridgehead atoms. The van der Waals surface area contributed by atoms with E-state index in [0.29, 0.717) is 0 Å². The second kappa shape index (κ2) is 14.5. The molecule has 0 aliphatic rings. The van der Waals surface area contributed by atoms with Crippen molar-refractivity contribution in [2.75, 3.05) is 28.4 Å². The van der Waals surface area contributed by atoms with Crippen LogP contribution in [0.4, 0.5) is 0 Å². The summed E-state index contributed by atoms with van der Waals surface area (Å²) in [5.74, 6) is 3.01. The first-order valence-electron chi connectivity index (χ1n) is 18.1. The van der Waals surface area contributed by atoms with Gasteiger partial charge in [-0.15, -0.1) is 0 Å². The number of hydrogen-bond acceptors (Lipinski definition) is 4. The molecule has 0 heterocycles. The lowest BCUT2D eigenvalue weighted by Crippen LogP contribution is -2.00. The highest BCUT2D eigenvalue weighted by Gasteiger charge is 2.27. The molecule has 0 unspecified atom stereocenters. The summed E-state index contributed by atoms with van der Waals surface area (Å²) >= 11 is 0. The summed E-state index contributed by atoms with van der Waals surface area (Å²) in [4.78, 5) is 0. The summed E-state index contributed by atoms with van der Waals surface area (Å²) in [5.41, 5.74) is 12.6. The number of benzene rings is 8. The molecule has 0 aliphatic heterocycles. The monoisotopic (exact) mass is 706 g/mol. The van der Waals surface area contributed by atoms with E-state index in [2.05, 4.69) is 147 Å². The van der Waals surface area contributed by atoms with E-state index < -0.39 is 0 Å². The normalized spacial score (nSPS) is 11.1. The largest absolute Gasteiger partial charge is 0.496 e. The van der Waals surface area contributed by atoms with Gasteiger partial charge in [-0.25, -0.2) is 0 Å². The van der Waals surface area contributed by atoms with Gasteiger partial charge in [0.1, 0.15) is 23.0 Å². The number of ether oxygens (including phenoxy) is 4. The fourth-order valence-corrected chi connectivity index (χ4v) is 7.97. The van der Waals surface area contributed by atoms with E-state index in [1.54, 1.807) is 28.4 Å². The van der Waals surface area contributed by atoms with Crippen LogP contribution in [0.15, 0.2) is 146 Å². The molecule has 266 valence electrons. The van der Waals surface area contributed by atoms with Crippen LogP contribution in [0.25, 0.3) is 77.2 Å². The van der Waals surface area contributed by atoms with Gasteiger partial charge in [0.2, 0.25) is 0 Å². The van der Waals surface area contributed by atoms with Gasteiger partial charge in [-0.2, -0.15) is 0 Å². The molecule has 0 aliphatic carbocycles. The zero-order valence-electron chi connectivity index (χ0n) is 31.5. The fourth-order valence-electron chi connectivity index (χ4n) is 7.97. The Labute approximate surface area is 317 Å². The number of fused-ring (bicyclic) bond motifs is 2. The van der Waals surface area contributed by atoms with Crippen LogP contribution in [-0.4, -0.2) is 28.4 Å². The SMILES string of the molecule is COc1ccc(-c2cccc(C)c2)c2c(OC)c(-c3cc(-c4ccccc4)c4c(OC)ccc(-c5cccc(C)c5)c4c3OC)cc(-c3ccccc3)c12. The summed E-state index contributed by atoms with van der Waals surface area (Å²) < 4.78 is 25.5. The molecule has 0 N–H and O–H groups in total. The molecule has 8 rings (SSSR count). The number of rotatable bonds is 9. The van der Waals surface area contributed by atoms with Crippen molar-refractivity contribution < 1.29 is 18.9 Å². The average molecular weight is 707 g/mol. The summed E-state index contributed by atoms with van der Waals surface area (Å²) in [6.07, 6.45) is 0. The zero-order chi connectivity index (χ0) is 37.3. The Balaban J connectivity index is 1.61. The maximum Gasteiger partial charge on any atom is 0.135 e. The van der Waals surface area contributed by atoms with Crippen LogP contribution in [0.5, 0.6) is 23.0 Å². The summed E-state index contributed by atoms with van der Waals surface area (Å²) in [7, 11) is 6.98. The van der Waals surface area contributed by atoms with Crippen molar-refractivity contribution in [2.24, 2.45) is 0 Å². The highest BCUT2D eigenvalue weighted by Crippen LogP contribution is 2.55. The quantitative estimate of drug-likeness (QED) is 0.150. The Hall–Kier alpha value is -6.52. The molecule has 54 heavy (non-hydrogen) atoms. The highest BCUT2D eigenvalue weighted by molar-refractivity contribution is 6.18. The molecule has 0 radical (unpaired) electrons. The average Bonchev–Trinajstić information content (AvgIpc) is 3.22. The van der Waals surface area contributed by atoms with Crippen LogP contribution >= 0.6 is 0 Å². The van der Waals surface area contributed by atoms with Gasteiger partial charge in [0, 0.05) is 32.7 Å². The van der Waals surface area contributed by atoms with Crippen LogP contribution in [0.3, 0.4) is 0 Å². The van der Waals surface area contributed by atoms with Crippen molar-refractivity contribution in [1.82, 2.24) is 0 Å². The molecular formula is C50H42O4. The molecule has 4 nitrogen and oxygen atoms in total. The second-order valence-corrected chi connectivity index (χ2v) is 13.6. The van der Waals surface area contributed by atoms with Crippen molar-refractivity contribution in [2.45, 2.75) is 13.8 Å². The lowest BCUT2D eigenvalue weighted by atomic mass is 9.84. The first-order valence-corrected chi connectivity index (χ1v) is 18.1. The first-order chi connectivity index (χ1) is 26.4. The smallest absolute Gasteiger partial charge is 0.135 e. The van der Waals surface area contributed by atoms with Crippen molar-refractivity contribution in [3.63, 3.8) is 0 Å². The van der Waals surface area contributed by atoms with E-state index in [1.807, 2.05) is 12.1 Å². The van der Waals surface area contributed by atoms with Crippen molar-refractivity contribution >= 4 is 21.5 Å². The topological polar surface area (TPSA) is 36.9 Å². The number of hydrogen-bond donors (Lipinski definition) is 0. The first kappa shape index (κ1) is 34.6. The maximum atomic E-state index is 6.59. The van der Waals surface area contributed by atoms with Gasteiger partial charge in [-0.1, -0.05) is 120 Å². The van der Waals surface area contributed by atoms with Gasteiger partial charge in [-0.3, -0.25) is 0 Å². The lowest BCUT2D eigenvalue weighted by Gasteiger charge is -2.24. The van der Waals surface area contributed by atoms with Gasteiger partial charge in [0.25, 0.3) is 0 Å². The van der Waals surface area contributed by atoms with E-state index in [0.717, 1.165) is 100 Å². The Morgan fingerprint density at radius 3 is 1.04 bits per heavy atom. The minimum atomic E-state index is 0.733. The third kappa shape index (κ3) is 5.90. The lowest BCUT2D eigenvalue weighted by molar-refractivity contribution is 0.413. The Morgan fingerprint density at radius 2 is 0.685 bits per heavy atom. The third-order valence-electron chi connectivity index (χ3n) is 10.4. The summed E-state index contributed by atoms with van der Waals surface area (Å²) in [5, 5.41) is 3.89. The molecule has 8 aromatic carbocycles.